The Hall–Kier alpha value is -8.86. The van der Waals surface area contributed by atoms with Gasteiger partial charge in [0, 0.05) is 67.3 Å². The smallest absolute Gasteiger partial charge is 0.0641 e. The van der Waals surface area contributed by atoms with Gasteiger partial charge in [0.05, 0.1) is 27.6 Å². The first-order chi connectivity index (χ1) is 32.7. The molecule has 3 aromatic heterocycles. The summed E-state index contributed by atoms with van der Waals surface area (Å²) in [6.07, 6.45) is 2.20. The highest BCUT2D eigenvalue weighted by Gasteiger charge is 2.23. The van der Waals surface area contributed by atoms with Gasteiger partial charge in [0.25, 0.3) is 0 Å². The molecule has 4 heteroatoms. The molecule has 0 amide bonds. The molecule has 0 N–H and O–H groups in total. The third kappa shape index (κ3) is 6.15. The average Bonchev–Trinajstić information content (AvgIpc) is 4.07. The quantitative estimate of drug-likeness (QED) is 0.149. The molecule has 0 saturated heterocycles. The molecule has 0 aliphatic carbocycles. The summed E-state index contributed by atoms with van der Waals surface area (Å²) in [5, 5.41) is 6.13. The Balaban J connectivity index is 1.01. The maximum Gasteiger partial charge on any atom is 0.0641 e. The molecule has 0 aliphatic rings. The van der Waals surface area contributed by atoms with Crippen LogP contribution in [0.3, 0.4) is 0 Å². The van der Waals surface area contributed by atoms with Crippen LogP contribution in [0.1, 0.15) is 0 Å². The first kappa shape index (κ1) is 37.7. The molecule has 0 bridgehead atoms. The van der Waals surface area contributed by atoms with Crippen molar-refractivity contribution in [3.8, 4) is 39.3 Å². The predicted octanol–water partition coefficient (Wildman–Crippen LogP) is 16.6. The Labute approximate surface area is 382 Å². The molecule has 4 nitrogen and oxygen atoms in total. The van der Waals surface area contributed by atoms with E-state index in [0.29, 0.717) is 0 Å². The van der Waals surface area contributed by atoms with Crippen molar-refractivity contribution < 1.29 is 0 Å². The highest BCUT2D eigenvalue weighted by molar-refractivity contribution is 6.27. The maximum absolute atomic E-state index is 2.48. The number of fused-ring (bicyclic) bond motifs is 8. The number of hydrogen-bond donors (Lipinski definition) is 0. The van der Waals surface area contributed by atoms with Gasteiger partial charge >= 0.3 is 0 Å². The number of aromatic nitrogens is 3. The van der Waals surface area contributed by atoms with Crippen molar-refractivity contribution in [2.75, 3.05) is 4.90 Å². The van der Waals surface area contributed by atoms with Gasteiger partial charge in [-0.15, -0.1) is 0 Å². The van der Waals surface area contributed by atoms with Crippen LogP contribution in [0.25, 0.3) is 93.8 Å². The molecule has 66 heavy (non-hydrogen) atoms. The van der Waals surface area contributed by atoms with Crippen molar-refractivity contribution in [2.24, 2.45) is 0 Å². The lowest BCUT2D eigenvalue weighted by molar-refractivity contribution is 1.12. The lowest BCUT2D eigenvalue weighted by Crippen LogP contribution is -2.10. The SMILES string of the molecule is c1ccc(-c2ccc(N(c3ccc(-c4ccccc4)cc3)c3ccc(-n4c5ccccc5c5ccc6c(c7cc8ccn(-c9ccccc9)c8cc7n6-c6ccccc6)c54)cc3)cc2)cc1. The Morgan fingerprint density at radius 1 is 0.288 bits per heavy atom. The summed E-state index contributed by atoms with van der Waals surface area (Å²) in [5.74, 6) is 0. The van der Waals surface area contributed by atoms with Crippen molar-refractivity contribution in [3.05, 3.63) is 255 Å². The first-order valence-electron chi connectivity index (χ1n) is 22.6. The van der Waals surface area contributed by atoms with E-state index in [-0.39, 0.29) is 0 Å². The zero-order chi connectivity index (χ0) is 43.6. The molecular weight excluding hydrogens is 801 g/mol. The van der Waals surface area contributed by atoms with Crippen LogP contribution in [-0.4, -0.2) is 13.7 Å². The molecule has 0 unspecified atom stereocenters. The van der Waals surface area contributed by atoms with Gasteiger partial charge in [-0.05, 0) is 125 Å². The zero-order valence-electron chi connectivity index (χ0n) is 36.0. The van der Waals surface area contributed by atoms with E-state index in [9.17, 15) is 0 Å². The van der Waals surface area contributed by atoms with Gasteiger partial charge in [-0.1, -0.05) is 146 Å². The Morgan fingerprint density at radius 3 is 1.39 bits per heavy atom. The van der Waals surface area contributed by atoms with E-state index in [2.05, 4.69) is 274 Å². The van der Waals surface area contributed by atoms with Crippen molar-refractivity contribution in [1.29, 1.82) is 0 Å². The highest BCUT2D eigenvalue weighted by atomic mass is 15.1. The van der Waals surface area contributed by atoms with Crippen molar-refractivity contribution in [3.63, 3.8) is 0 Å². The van der Waals surface area contributed by atoms with Gasteiger partial charge in [0.2, 0.25) is 0 Å². The molecule has 0 spiro atoms. The molecule has 3 heterocycles. The molecule has 0 radical (unpaired) electrons. The Bertz CT molecular complexity index is 3780. The van der Waals surface area contributed by atoms with Crippen molar-refractivity contribution >= 4 is 71.6 Å². The second-order valence-electron chi connectivity index (χ2n) is 17.0. The summed E-state index contributed by atoms with van der Waals surface area (Å²) in [4.78, 5) is 2.36. The molecule has 10 aromatic carbocycles. The van der Waals surface area contributed by atoms with Crippen molar-refractivity contribution in [2.45, 2.75) is 0 Å². The zero-order valence-corrected chi connectivity index (χ0v) is 36.0. The Kier molecular flexibility index (Phi) is 8.81. The number of nitrogens with zero attached hydrogens (tertiary/aromatic N) is 4. The third-order valence-electron chi connectivity index (χ3n) is 13.3. The topological polar surface area (TPSA) is 18.0 Å². The highest BCUT2D eigenvalue weighted by Crippen LogP contribution is 2.44. The van der Waals surface area contributed by atoms with Crippen LogP contribution in [0.2, 0.25) is 0 Å². The van der Waals surface area contributed by atoms with Crippen LogP contribution < -0.4 is 4.90 Å². The third-order valence-corrected chi connectivity index (χ3v) is 13.3. The molecule has 13 rings (SSSR count). The summed E-state index contributed by atoms with van der Waals surface area (Å²) in [6.45, 7) is 0. The second kappa shape index (κ2) is 15.4. The lowest BCUT2D eigenvalue weighted by Gasteiger charge is -2.26. The van der Waals surface area contributed by atoms with E-state index in [1.54, 1.807) is 0 Å². The van der Waals surface area contributed by atoms with Crippen LogP contribution in [0, 0.1) is 0 Å². The van der Waals surface area contributed by atoms with E-state index in [4.69, 9.17) is 0 Å². The van der Waals surface area contributed by atoms with Crippen molar-refractivity contribution in [1.82, 2.24) is 13.7 Å². The fourth-order valence-corrected chi connectivity index (χ4v) is 10.2. The summed E-state index contributed by atoms with van der Waals surface area (Å²) < 4.78 is 7.23. The average molecular weight is 843 g/mol. The van der Waals surface area contributed by atoms with E-state index in [1.165, 1.54) is 76.8 Å². The van der Waals surface area contributed by atoms with Gasteiger partial charge in [-0.25, -0.2) is 0 Å². The van der Waals surface area contributed by atoms with Gasteiger partial charge < -0.3 is 18.6 Å². The molecule has 0 saturated carbocycles. The van der Waals surface area contributed by atoms with Crippen LogP contribution >= 0.6 is 0 Å². The number of rotatable bonds is 8. The fourth-order valence-electron chi connectivity index (χ4n) is 10.2. The number of anilines is 3. The van der Waals surface area contributed by atoms with E-state index in [0.717, 1.165) is 34.1 Å². The van der Waals surface area contributed by atoms with Crippen LogP contribution in [0.5, 0.6) is 0 Å². The fraction of sp³-hybridized carbons (Fsp3) is 0. The normalized spacial score (nSPS) is 11.6. The van der Waals surface area contributed by atoms with Gasteiger partial charge in [0.15, 0.2) is 0 Å². The maximum atomic E-state index is 2.48. The molecular formula is C62H42N4. The molecule has 310 valence electrons. The van der Waals surface area contributed by atoms with E-state index >= 15 is 0 Å². The molecule has 13 aromatic rings. The summed E-state index contributed by atoms with van der Waals surface area (Å²) in [7, 11) is 0. The molecule has 0 atom stereocenters. The largest absolute Gasteiger partial charge is 0.316 e. The minimum absolute atomic E-state index is 1.08. The number of hydrogen-bond acceptors (Lipinski definition) is 1. The van der Waals surface area contributed by atoms with Gasteiger partial charge in [0.1, 0.15) is 0 Å². The lowest BCUT2D eigenvalue weighted by atomic mass is 10.0. The molecule has 0 aliphatic heterocycles. The minimum Gasteiger partial charge on any atom is -0.316 e. The van der Waals surface area contributed by atoms with E-state index in [1.807, 2.05) is 0 Å². The Morgan fingerprint density at radius 2 is 0.788 bits per heavy atom. The van der Waals surface area contributed by atoms with Crippen LogP contribution in [-0.2, 0) is 0 Å². The predicted molar refractivity (Wildman–Crippen MR) is 278 cm³/mol. The monoisotopic (exact) mass is 842 g/mol. The molecule has 0 fully saturated rings. The van der Waals surface area contributed by atoms with Gasteiger partial charge in [-0.2, -0.15) is 0 Å². The second-order valence-corrected chi connectivity index (χ2v) is 17.0. The standard InChI is InChI=1S/C62H42N4/c1-5-15-43(16-6-1)45-25-29-50(30-26-45)64(51-31-27-46(28-32-51)44-17-7-2-8-18-44)52-33-35-53(36-34-52)66-57-24-14-13-23-54(57)55-37-38-58-61(62(55)66)56-41-47-39-40-63(48-19-9-3-10-20-48)59(47)42-60(56)65(58)49-21-11-4-12-22-49/h1-42H. The summed E-state index contributed by atoms with van der Waals surface area (Å²) >= 11 is 0. The minimum atomic E-state index is 1.08. The number of para-hydroxylation sites is 3. The van der Waals surface area contributed by atoms with Crippen LogP contribution in [0.15, 0.2) is 255 Å². The van der Waals surface area contributed by atoms with Crippen LogP contribution in [0.4, 0.5) is 17.1 Å². The summed E-state index contributed by atoms with van der Waals surface area (Å²) in [6, 6.07) is 90.1. The first-order valence-corrected chi connectivity index (χ1v) is 22.6. The van der Waals surface area contributed by atoms with E-state index < -0.39 is 0 Å². The van der Waals surface area contributed by atoms with Gasteiger partial charge in [-0.3, -0.25) is 0 Å². The summed E-state index contributed by atoms with van der Waals surface area (Å²) in [5.41, 5.74) is 17.3. The number of benzene rings is 10.